The Balaban J connectivity index is 1.30. The van der Waals surface area contributed by atoms with Gasteiger partial charge in [-0.05, 0) is 102 Å². The van der Waals surface area contributed by atoms with Crippen molar-refractivity contribution in [2.24, 2.45) is 23.7 Å². The van der Waals surface area contributed by atoms with E-state index in [1.54, 1.807) is 20.9 Å². The van der Waals surface area contributed by atoms with Gasteiger partial charge >= 0.3 is 0 Å². The Morgan fingerprint density at radius 3 is 2.12 bits per heavy atom. The fraction of sp³-hybridized carbons (Fsp3) is 0.667. The van der Waals surface area contributed by atoms with E-state index in [-0.39, 0.29) is 0 Å². The highest BCUT2D eigenvalue weighted by atomic mass is 32.2. The van der Waals surface area contributed by atoms with E-state index in [0.29, 0.717) is 0 Å². The molecule has 178 valence electrons. The van der Waals surface area contributed by atoms with Crippen LogP contribution in [-0.4, -0.2) is 18.6 Å². The molecular weight excluding hydrogens is 453 g/mol. The lowest BCUT2D eigenvalue weighted by molar-refractivity contribution is 0.235. The summed E-state index contributed by atoms with van der Waals surface area (Å²) >= 11 is 4.54. The molecule has 3 aliphatic carbocycles. The van der Waals surface area contributed by atoms with Gasteiger partial charge in [0.2, 0.25) is 0 Å². The zero-order valence-corrected chi connectivity index (χ0v) is 24.1. The molecule has 3 heteroatoms. The molecule has 0 saturated heterocycles. The molecule has 0 amide bonds. The molecule has 0 nitrogen and oxygen atoms in total. The Morgan fingerprint density at radius 2 is 1.45 bits per heavy atom. The second-order valence-electron chi connectivity index (χ2n) is 12.6. The Kier molecular flexibility index (Phi) is 5.82. The quantitative estimate of drug-likeness (QED) is 0.384. The molecule has 1 aromatic carbocycles. The minimum Gasteiger partial charge on any atom is -0.127 e. The van der Waals surface area contributed by atoms with Crippen LogP contribution in [0, 0.1) is 37.5 Å². The second-order valence-corrected chi connectivity index (χ2v) is 20.5. The Bertz CT molecular complexity index is 975. The number of rotatable bonds is 3. The molecule has 3 fully saturated rings. The van der Waals surface area contributed by atoms with Gasteiger partial charge in [0.1, 0.15) is 0 Å². The van der Waals surface area contributed by atoms with E-state index in [1.165, 1.54) is 37.7 Å². The van der Waals surface area contributed by atoms with E-state index >= 15 is 0 Å². The largest absolute Gasteiger partial charge is 0.127 e. The van der Waals surface area contributed by atoms with Crippen molar-refractivity contribution in [2.45, 2.75) is 100 Å². The van der Waals surface area contributed by atoms with Crippen LogP contribution in [-0.2, 0) is 0 Å². The average molecular weight is 495 g/mol. The van der Waals surface area contributed by atoms with Crippen molar-refractivity contribution in [3.05, 3.63) is 56.9 Å². The molecule has 6 rings (SSSR count). The summed E-state index contributed by atoms with van der Waals surface area (Å²) in [7, 11) is -1.44. The van der Waals surface area contributed by atoms with Crippen LogP contribution in [0.25, 0.3) is 0 Å². The summed E-state index contributed by atoms with van der Waals surface area (Å²) in [5.74, 6) is 4.37. The zero-order chi connectivity index (χ0) is 23.1. The maximum atomic E-state index is 2.84. The lowest BCUT2D eigenvalue weighted by Crippen LogP contribution is -2.46. The maximum Gasteiger partial charge on any atom is 0.0563 e. The normalized spacial score (nSPS) is 42.1. The molecule has 5 aliphatic rings. The highest BCUT2D eigenvalue weighted by Crippen LogP contribution is 2.68. The van der Waals surface area contributed by atoms with Crippen LogP contribution in [0.15, 0.2) is 40.2 Å². The first-order valence-electron chi connectivity index (χ1n) is 13.5. The SMILES string of the molecule is CC1=CC2C3C=C(C)SC3C([Si](C)(C)C3CCC4C(c5cc(C)ccc5C)CCCC43)C2S1. The van der Waals surface area contributed by atoms with E-state index in [0.717, 1.165) is 51.2 Å². The van der Waals surface area contributed by atoms with Gasteiger partial charge in [-0.25, -0.2) is 0 Å². The van der Waals surface area contributed by atoms with Gasteiger partial charge in [-0.3, -0.25) is 0 Å². The minimum atomic E-state index is -1.44. The molecule has 3 saturated carbocycles. The first-order valence-corrected chi connectivity index (χ1v) is 18.4. The fourth-order valence-electron chi connectivity index (χ4n) is 9.23. The van der Waals surface area contributed by atoms with Gasteiger partial charge in [-0.2, -0.15) is 0 Å². The topological polar surface area (TPSA) is 0 Å². The predicted molar refractivity (Wildman–Crippen MR) is 151 cm³/mol. The highest BCUT2D eigenvalue weighted by molar-refractivity contribution is 8.05. The molecule has 8 atom stereocenters. The standard InChI is InChI=1S/C30H42S2Si/c1-17-10-11-18(2)24(14-17)21-8-7-9-23-22(21)12-13-27(23)33(5,6)30-28-25(15-19(3)31-28)26-16-20(4)32-29(26)30/h10-11,14-16,21-23,25-30H,7-9,12-13H2,1-6H3. The summed E-state index contributed by atoms with van der Waals surface area (Å²) in [4.78, 5) is 3.22. The number of hydrogen-bond acceptors (Lipinski definition) is 2. The molecule has 8 unspecified atom stereocenters. The Labute approximate surface area is 211 Å². The van der Waals surface area contributed by atoms with Gasteiger partial charge < -0.3 is 0 Å². The highest BCUT2D eigenvalue weighted by Gasteiger charge is 2.62. The molecule has 1 aromatic rings. The first-order chi connectivity index (χ1) is 15.8. The summed E-state index contributed by atoms with van der Waals surface area (Å²) in [5, 5.41) is 1.74. The summed E-state index contributed by atoms with van der Waals surface area (Å²) in [6.07, 6.45) is 12.7. The summed E-state index contributed by atoms with van der Waals surface area (Å²) in [5.41, 5.74) is 6.69. The number of thioether (sulfide) groups is 2. The van der Waals surface area contributed by atoms with Gasteiger partial charge in [0.15, 0.2) is 0 Å². The van der Waals surface area contributed by atoms with Crippen molar-refractivity contribution < 1.29 is 0 Å². The van der Waals surface area contributed by atoms with E-state index in [2.05, 4.69) is 94.7 Å². The van der Waals surface area contributed by atoms with Crippen molar-refractivity contribution in [1.82, 2.24) is 0 Å². The summed E-state index contributed by atoms with van der Waals surface area (Å²) in [6, 6.07) is 7.24. The van der Waals surface area contributed by atoms with Gasteiger partial charge in [0.25, 0.3) is 0 Å². The Hall–Kier alpha value is -0.383. The molecule has 0 bridgehead atoms. The van der Waals surface area contributed by atoms with Crippen molar-refractivity contribution in [3.8, 4) is 0 Å². The molecule has 2 heterocycles. The van der Waals surface area contributed by atoms with Crippen LogP contribution >= 0.6 is 23.5 Å². The van der Waals surface area contributed by atoms with Crippen LogP contribution in [0.5, 0.6) is 0 Å². The van der Waals surface area contributed by atoms with Crippen molar-refractivity contribution in [3.63, 3.8) is 0 Å². The van der Waals surface area contributed by atoms with Crippen LogP contribution in [0.4, 0.5) is 0 Å². The van der Waals surface area contributed by atoms with Crippen LogP contribution in [0.1, 0.15) is 68.6 Å². The number of hydrogen-bond donors (Lipinski definition) is 0. The fourth-order valence-corrected chi connectivity index (χ4v) is 19.7. The van der Waals surface area contributed by atoms with E-state index in [1.807, 2.05) is 0 Å². The van der Waals surface area contributed by atoms with Gasteiger partial charge in [-0.15, -0.1) is 23.5 Å². The smallest absolute Gasteiger partial charge is 0.0563 e. The first kappa shape index (κ1) is 23.0. The van der Waals surface area contributed by atoms with Gasteiger partial charge in [0, 0.05) is 10.5 Å². The van der Waals surface area contributed by atoms with Crippen molar-refractivity contribution >= 4 is 31.6 Å². The van der Waals surface area contributed by atoms with E-state index in [9.17, 15) is 0 Å². The molecule has 0 radical (unpaired) electrons. The number of fused-ring (bicyclic) bond motifs is 4. The second kappa shape index (κ2) is 8.34. The third-order valence-electron chi connectivity index (χ3n) is 10.5. The third-order valence-corrected chi connectivity index (χ3v) is 18.8. The van der Waals surface area contributed by atoms with Gasteiger partial charge in [-0.1, -0.05) is 68.3 Å². The summed E-state index contributed by atoms with van der Waals surface area (Å²) < 4.78 is 0. The minimum absolute atomic E-state index is 0.813. The predicted octanol–water partition coefficient (Wildman–Crippen LogP) is 9.33. The molecular formula is C30H42S2Si. The Morgan fingerprint density at radius 1 is 0.788 bits per heavy atom. The lowest BCUT2D eigenvalue weighted by atomic mass is 9.70. The lowest BCUT2D eigenvalue weighted by Gasteiger charge is -2.46. The molecule has 0 N–H and O–H groups in total. The van der Waals surface area contributed by atoms with Gasteiger partial charge in [0.05, 0.1) is 8.07 Å². The number of aryl methyl sites for hydroxylation is 2. The molecule has 2 aliphatic heterocycles. The van der Waals surface area contributed by atoms with Crippen LogP contribution in [0.3, 0.4) is 0 Å². The van der Waals surface area contributed by atoms with E-state index < -0.39 is 8.07 Å². The molecule has 0 aromatic heterocycles. The maximum absolute atomic E-state index is 2.84. The van der Waals surface area contributed by atoms with Crippen LogP contribution < -0.4 is 0 Å². The van der Waals surface area contributed by atoms with Crippen LogP contribution in [0.2, 0.25) is 24.2 Å². The average Bonchev–Trinajstić information content (AvgIpc) is 3.50. The monoisotopic (exact) mass is 494 g/mol. The molecule has 33 heavy (non-hydrogen) atoms. The van der Waals surface area contributed by atoms with Crippen molar-refractivity contribution in [2.75, 3.05) is 0 Å². The number of allylic oxidation sites excluding steroid dienone is 4. The summed E-state index contributed by atoms with van der Waals surface area (Å²) in [6.45, 7) is 15.1. The zero-order valence-electron chi connectivity index (χ0n) is 21.4. The number of benzene rings is 1. The van der Waals surface area contributed by atoms with Crippen molar-refractivity contribution in [1.29, 1.82) is 0 Å². The molecule has 0 spiro atoms. The van der Waals surface area contributed by atoms with E-state index in [4.69, 9.17) is 0 Å². The third kappa shape index (κ3) is 3.61.